The summed E-state index contributed by atoms with van der Waals surface area (Å²) < 4.78 is 1.80. The van der Waals surface area contributed by atoms with Crippen LogP contribution in [0.2, 0.25) is 0 Å². The van der Waals surface area contributed by atoms with E-state index >= 15 is 0 Å². The minimum Gasteiger partial charge on any atom is -0.390 e. The number of nitrogens with zero attached hydrogens (tertiary/aromatic N) is 3. The Balaban J connectivity index is 2.12. The lowest BCUT2D eigenvalue weighted by molar-refractivity contribution is 0.0800. The van der Waals surface area contributed by atoms with Gasteiger partial charge in [0.1, 0.15) is 0 Å². The smallest absolute Gasteiger partial charge is 0.0889 e. The van der Waals surface area contributed by atoms with Crippen molar-refractivity contribution in [1.29, 1.82) is 0 Å². The fraction of sp³-hybridized carbons (Fsp3) is 0.778. The zero-order valence-corrected chi connectivity index (χ0v) is 8.35. The van der Waals surface area contributed by atoms with Crippen molar-refractivity contribution in [2.75, 3.05) is 13.1 Å². The van der Waals surface area contributed by atoms with E-state index < -0.39 is 0 Å². The molecule has 2 atom stereocenters. The van der Waals surface area contributed by atoms with Gasteiger partial charge in [-0.2, -0.15) is 0 Å². The molecular formula is C9H16N4O. The quantitative estimate of drug-likeness (QED) is 0.684. The number of aromatic nitrogens is 3. The van der Waals surface area contributed by atoms with Crippen LogP contribution in [0.15, 0.2) is 6.20 Å². The summed E-state index contributed by atoms with van der Waals surface area (Å²) in [5.74, 6) is 0. The Morgan fingerprint density at radius 1 is 1.71 bits per heavy atom. The molecule has 1 unspecified atom stereocenters. The summed E-state index contributed by atoms with van der Waals surface area (Å²) in [7, 11) is 0. The number of nitrogens with one attached hydrogen (secondary N) is 1. The second-order valence-electron chi connectivity index (χ2n) is 3.67. The van der Waals surface area contributed by atoms with E-state index in [0.717, 1.165) is 25.1 Å². The van der Waals surface area contributed by atoms with Gasteiger partial charge >= 0.3 is 0 Å². The molecule has 2 rings (SSSR count). The fourth-order valence-electron chi connectivity index (χ4n) is 1.77. The minimum absolute atomic E-state index is 0.0871. The summed E-state index contributed by atoms with van der Waals surface area (Å²) in [6.45, 7) is 3.63. The van der Waals surface area contributed by atoms with Crippen LogP contribution in [0.3, 0.4) is 0 Å². The third-order valence-electron chi connectivity index (χ3n) is 2.67. The van der Waals surface area contributed by atoms with Crippen LogP contribution >= 0.6 is 0 Å². The standard InChI is InChI=1S/C9H16N4O/c1-2-7-6-13(12-11-7)8-3-4-10-5-9(8)14/h6,8-10,14H,2-5H2,1H3/t8?,9-/m1/s1. The SMILES string of the molecule is CCc1cn(C2CCNC[C@H]2O)nn1. The molecule has 0 bridgehead atoms. The Kier molecular flexibility index (Phi) is 2.79. The van der Waals surface area contributed by atoms with E-state index in [1.165, 1.54) is 0 Å². The predicted octanol–water partition coefficient (Wildman–Crippen LogP) is -0.264. The first-order chi connectivity index (χ1) is 6.81. The Labute approximate surface area is 83.1 Å². The molecule has 1 aliphatic heterocycles. The molecule has 1 fully saturated rings. The Hall–Kier alpha value is -0.940. The summed E-state index contributed by atoms with van der Waals surface area (Å²) >= 11 is 0. The molecule has 1 aromatic rings. The summed E-state index contributed by atoms with van der Waals surface area (Å²) in [4.78, 5) is 0. The second-order valence-corrected chi connectivity index (χ2v) is 3.67. The van der Waals surface area contributed by atoms with Crippen LogP contribution < -0.4 is 5.32 Å². The molecule has 0 spiro atoms. The first kappa shape index (κ1) is 9.61. The molecule has 5 heteroatoms. The lowest BCUT2D eigenvalue weighted by Crippen LogP contribution is -2.41. The van der Waals surface area contributed by atoms with Crippen molar-refractivity contribution >= 4 is 0 Å². The molecule has 1 saturated heterocycles. The molecule has 0 aliphatic carbocycles. The van der Waals surface area contributed by atoms with E-state index in [1.54, 1.807) is 4.68 Å². The summed E-state index contributed by atoms with van der Waals surface area (Å²) in [6.07, 6.45) is 3.38. The number of aliphatic hydroxyl groups is 1. The number of aryl methyl sites for hydroxylation is 1. The highest BCUT2D eigenvalue weighted by atomic mass is 16.3. The van der Waals surface area contributed by atoms with E-state index in [1.807, 2.05) is 13.1 Å². The van der Waals surface area contributed by atoms with Crippen molar-refractivity contribution in [2.24, 2.45) is 0 Å². The monoisotopic (exact) mass is 196 g/mol. The van der Waals surface area contributed by atoms with Gasteiger partial charge in [-0.25, -0.2) is 4.68 Å². The van der Waals surface area contributed by atoms with Crippen LogP contribution in [0.5, 0.6) is 0 Å². The topological polar surface area (TPSA) is 63.0 Å². The molecule has 2 heterocycles. The Bertz CT molecular complexity index is 299. The van der Waals surface area contributed by atoms with E-state index in [0.29, 0.717) is 6.54 Å². The van der Waals surface area contributed by atoms with E-state index in [4.69, 9.17) is 0 Å². The zero-order valence-electron chi connectivity index (χ0n) is 8.35. The fourth-order valence-corrected chi connectivity index (χ4v) is 1.77. The summed E-state index contributed by atoms with van der Waals surface area (Å²) in [5.41, 5.74) is 0.982. The van der Waals surface area contributed by atoms with Gasteiger partial charge in [-0.05, 0) is 19.4 Å². The van der Waals surface area contributed by atoms with Gasteiger partial charge in [0, 0.05) is 12.7 Å². The van der Waals surface area contributed by atoms with Gasteiger partial charge in [-0.3, -0.25) is 0 Å². The van der Waals surface area contributed by atoms with E-state index in [9.17, 15) is 5.11 Å². The number of aliphatic hydroxyl groups excluding tert-OH is 1. The molecule has 0 radical (unpaired) electrons. The van der Waals surface area contributed by atoms with E-state index in [-0.39, 0.29) is 12.1 Å². The molecule has 0 saturated carbocycles. The second kappa shape index (κ2) is 4.06. The molecule has 0 amide bonds. The number of hydrogen-bond donors (Lipinski definition) is 2. The normalized spacial score (nSPS) is 27.9. The van der Waals surface area contributed by atoms with Gasteiger partial charge in [0.05, 0.1) is 17.8 Å². The lowest BCUT2D eigenvalue weighted by atomic mass is 10.0. The summed E-state index contributed by atoms with van der Waals surface area (Å²) in [5, 5.41) is 21.0. The van der Waals surface area contributed by atoms with Crippen LogP contribution in [-0.4, -0.2) is 39.3 Å². The largest absolute Gasteiger partial charge is 0.390 e. The van der Waals surface area contributed by atoms with Crippen molar-refractivity contribution in [3.8, 4) is 0 Å². The third-order valence-corrected chi connectivity index (χ3v) is 2.67. The molecule has 2 N–H and O–H groups in total. The zero-order chi connectivity index (χ0) is 9.97. The van der Waals surface area contributed by atoms with Crippen LogP contribution in [0.1, 0.15) is 25.1 Å². The Morgan fingerprint density at radius 2 is 2.57 bits per heavy atom. The predicted molar refractivity (Wildman–Crippen MR) is 51.9 cm³/mol. The van der Waals surface area contributed by atoms with Gasteiger partial charge in [-0.1, -0.05) is 12.1 Å². The van der Waals surface area contributed by atoms with Crippen molar-refractivity contribution in [3.05, 3.63) is 11.9 Å². The molecule has 1 aromatic heterocycles. The van der Waals surface area contributed by atoms with Gasteiger partial charge in [0.25, 0.3) is 0 Å². The lowest BCUT2D eigenvalue weighted by Gasteiger charge is -2.27. The van der Waals surface area contributed by atoms with Crippen molar-refractivity contribution < 1.29 is 5.11 Å². The molecule has 5 nitrogen and oxygen atoms in total. The highest BCUT2D eigenvalue weighted by Crippen LogP contribution is 2.17. The van der Waals surface area contributed by atoms with Gasteiger partial charge < -0.3 is 10.4 Å². The Morgan fingerprint density at radius 3 is 3.21 bits per heavy atom. The van der Waals surface area contributed by atoms with E-state index in [2.05, 4.69) is 15.6 Å². The molecular weight excluding hydrogens is 180 g/mol. The first-order valence-electron chi connectivity index (χ1n) is 5.10. The highest BCUT2D eigenvalue weighted by Gasteiger charge is 2.25. The van der Waals surface area contributed by atoms with Gasteiger partial charge in [-0.15, -0.1) is 5.10 Å². The molecule has 78 valence electrons. The van der Waals surface area contributed by atoms with Gasteiger partial charge in [0.15, 0.2) is 0 Å². The number of hydrogen-bond acceptors (Lipinski definition) is 4. The highest BCUT2D eigenvalue weighted by molar-refractivity contribution is 4.94. The maximum absolute atomic E-state index is 9.75. The van der Waals surface area contributed by atoms with Crippen LogP contribution in [0.4, 0.5) is 0 Å². The number of piperidine rings is 1. The number of β-amino-alcohol motifs (C(OH)–C–C–N with tert-alkyl or cyclic N) is 1. The average Bonchev–Trinajstić information content (AvgIpc) is 2.67. The molecule has 14 heavy (non-hydrogen) atoms. The van der Waals surface area contributed by atoms with Crippen molar-refractivity contribution in [1.82, 2.24) is 20.3 Å². The average molecular weight is 196 g/mol. The maximum Gasteiger partial charge on any atom is 0.0889 e. The van der Waals surface area contributed by atoms with Gasteiger partial charge in [0.2, 0.25) is 0 Å². The van der Waals surface area contributed by atoms with Crippen molar-refractivity contribution in [2.45, 2.75) is 31.9 Å². The van der Waals surface area contributed by atoms with Crippen molar-refractivity contribution in [3.63, 3.8) is 0 Å². The van der Waals surface area contributed by atoms with Crippen LogP contribution in [0.25, 0.3) is 0 Å². The maximum atomic E-state index is 9.75. The molecule has 0 aromatic carbocycles. The van der Waals surface area contributed by atoms with Crippen LogP contribution in [-0.2, 0) is 6.42 Å². The summed E-state index contributed by atoms with van der Waals surface area (Å²) in [6, 6.07) is 0.0871. The minimum atomic E-state index is -0.352. The van der Waals surface area contributed by atoms with Crippen LogP contribution in [0, 0.1) is 0 Å². The molecule has 1 aliphatic rings. The first-order valence-corrected chi connectivity index (χ1v) is 5.10. The third kappa shape index (κ3) is 1.78. The number of rotatable bonds is 2.